The van der Waals surface area contributed by atoms with Crippen LogP contribution >= 0.6 is 0 Å². The molecule has 21 heavy (non-hydrogen) atoms. The lowest BCUT2D eigenvalue weighted by atomic mass is 9.96. The Hall–Kier alpha value is -1.85. The second-order valence-electron chi connectivity index (χ2n) is 5.22. The highest BCUT2D eigenvalue weighted by atomic mass is 19.2. The summed E-state index contributed by atoms with van der Waals surface area (Å²) in [5.74, 6) is 1.57. The van der Waals surface area contributed by atoms with Crippen molar-refractivity contribution < 1.29 is 13.2 Å². The Morgan fingerprint density at radius 1 is 0.952 bits per heavy atom. The summed E-state index contributed by atoms with van der Waals surface area (Å²) in [6.07, 6.45) is 0.448. The molecule has 0 aliphatic rings. The molecule has 0 saturated heterocycles. The van der Waals surface area contributed by atoms with E-state index >= 15 is 0 Å². The van der Waals surface area contributed by atoms with Crippen molar-refractivity contribution in [3.05, 3.63) is 70.0 Å². The van der Waals surface area contributed by atoms with Gasteiger partial charge in [-0.1, -0.05) is 29.3 Å². The lowest BCUT2D eigenvalue weighted by Crippen LogP contribution is -2.30. The average Bonchev–Trinajstić information content (AvgIpc) is 2.40. The molecule has 0 heterocycles. The highest BCUT2D eigenvalue weighted by Gasteiger charge is 2.17. The van der Waals surface area contributed by atoms with Gasteiger partial charge in [-0.2, -0.15) is 0 Å². The number of hydrazine groups is 1. The van der Waals surface area contributed by atoms with Crippen LogP contribution in [-0.4, -0.2) is 0 Å². The van der Waals surface area contributed by atoms with E-state index in [2.05, 4.69) is 5.43 Å². The van der Waals surface area contributed by atoms with Gasteiger partial charge in [-0.25, -0.2) is 13.2 Å². The third kappa shape index (κ3) is 3.62. The molecular formula is C16H17F3N2. The lowest BCUT2D eigenvalue weighted by molar-refractivity contribution is 0.439. The normalized spacial score (nSPS) is 12.5. The smallest absolute Gasteiger partial charge is 0.194 e. The van der Waals surface area contributed by atoms with E-state index in [9.17, 15) is 13.2 Å². The maximum Gasteiger partial charge on any atom is 0.194 e. The summed E-state index contributed by atoms with van der Waals surface area (Å²) in [5.41, 5.74) is 5.97. The molecule has 0 amide bonds. The van der Waals surface area contributed by atoms with Gasteiger partial charge in [0.1, 0.15) is 0 Å². The van der Waals surface area contributed by atoms with Crippen LogP contribution in [0.1, 0.15) is 28.3 Å². The highest BCUT2D eigenvalue weighted by Crippen LogP contribution is 2.23. The zero-order chi connectivity index (χ0) is 15.6. The number of aryl methyl sites for hydroxylation is 2. The van der Waals surface area contributed by atoms with Crippen molar-refractivity contribution in [3.63, 3.8) is 0 Å². The topological polar surface area (TPSA) is 38.0 Å². The van der Waals surface area contributed by atoms with Crippen LogP contribution in [0, 0.1) is 31.3 Å². The predicted molar refractivity (Wildman–Crippen MR) is 76.0 cm³/mol. The van der Waals surface area contributed by atoms with Crippen molar-refractivity contribution in [2.75, 3.05) is 0 Å². The van der Waals surface area contributed by atoms with Gasteiger partial charge in [0.25, 0.3) is 0 Å². The van der Waals surface area contributed by atoms with Crippen LogP contribution in [0.2, 0.25) is 0 Å². The quantitative estimate of drug-likeness (QED) is 0.515. The van der Waals surface area contributed by atoms with E-state index in [4.69, 9.17) is 5.84 Å². The Balaban J connectivity index is 2.31. The van der Waals surface area contributed by atoms with Gasteiger partial charge in [-0.3, -0.25) is 11.3 Å². The molecule has 2 rings (SSSR count). The van der Waals surface area contributed by atoms with Crippen molar-refractivity contribution in [1.29, 1.82) is 0 Å². The first kappa shape index (κ1) is 15.5. The number of rotatable bonds is 4. The van der Waals surface area contributed by atoms with Crippen LogP contribution in [0.4, 0.5) is 13.2 Å². The zero-order valence-corrected chi connectivity index (χ0v) is 11.9. The molecule has 0 bridgehead atoms. The van der Waals surface area contributed by atoms with Gasteiger partial charge in [-0.05, 0) is 43.5 Å². The first-order valence-electron chi connectivity index (χ1n) is 6.58. The summed E-state index contributed by atoms with van der Waals surface area (Å²) >= 11 is 0. The molecule has 2 aromatic rings. The van der Waals surface area contributed by atoms with E-state index in [-0.39, 0.29) is 5.56 Å². The van der Waals surface area contributed by atoms with E-state index in [1.165, 1.54) is 0 Å². The second kappa shape index (κ2) is 6.28. The fraction of sp³-hybridized carbons (Fsp3) is 0.250. The Morgan fingerprint density at radius 3 is 1.95 bits per heavy atom. The number of benzene rings is 2. The average molecular weight is 294 g/mol. The molecule has 2 nitrogen and oxygen atoms in total. The van der Waals surface area contributed by atoms with Crippen molar-refractivity contribution >= 4 is 0 Å². The maximum atomic E-state index is 13.3. The van der Waals surface area contributed by atoms with Crippen LogP contribution in [0.25, 0.3) is 0 Å². The van der Waals surface area contributed by atoms with E-state index in [0.717, 1.165) is 28.8 Å². The summed E-state index contributed by atoms with van der Waals surface area (Å²) in [5, 5.41) is 0. The lowest BCUT2D eigenvalue weighted by Gasteiger charge is -2.17. The molecule has 0 fully saturated rings. The summed E-state index contributed by atoms with van der Waals surface area (Å²) in [6.45, 7) is 3.94. The Labute approximate surface area is 121 Å². The summed E-state index contributed by atoms with van der Waals surface area (Å²) in [6, 6.07) is 7.42. The molecule has 0 spiro atoms. The summed E-state index contributed by atoms with van der Waals surface area (Å²) in [7, 11) is 0. The van der Waals surface area contributed by atoms with Gasteiger partial charge < -0.3 is 0 Å². The van der Waals surface area contributed by atoms with Crippen LogP contribution in [0.5, 0.6) is 0 Å². The molecule has 112 valence electrons. The van der Waals surface area contributed by atoms with E-state index in [0.29, 0.717) is 6.42 Å². The van der Waals surface area contributed by atoms with Crippen LogP contribution in [-0.2, 0) is 6.42 Å². The van der Waals surface area contributed by atoms with Gasteiger partial charge in [0.2, 0.25) is 0 Å². The number of hydrogen-bond donors (Lipinski definition) is 2. The van der Waals surface area contributed by atoms with Crippen LogP contribution < -0.4 is 11.3 Å². The number of nitrogens with one attached hydrogen (secondary N) is 1. The second-order valence-corrected chi connectivity index (χ2v) is 5.22. The molecule has 0 aromatic heterocycles. The maximum absolute atomic E-state index is 13.3. The van der Waals surface area contributed by atoms with Crippen molar-refractivity contribution in [2.45, 2.75) is 26.3 Å². The molecule has 0 radical (unpaired) electrons. The minimum atomic E-state index is -1.47. The molecule has 1 atom stereocenters. The fourth-order valence-electron chi connectivity index (χ4n) is 2.47. The van der Waals surface area contributed by atoms with Crippen molar-refractivity contribution in [2.24, 2.45) is 5.84 Å². The van der Waals surface area contributed by atoms with Crippen molar-refractivity contribution in [3.8, 4) is 0 Å². The minimum absolute atomic E-state index is 0.271. The monoisotopic (exact) mass is 294 g/mol. The first-order valence-corrected chi connectivity index (χ1v) is 6.58. The number of halogens is 3. The Kier molecular flexibility index (Phi) is 4.65. The van der Waals surface area contributed by atoms with E-state index in [1.807, 2.05) is 32.0 Å². The predicted octanol–water partition coefficient (Wildman–Crippen LogP) is 3.47. The number of hydrogen-bond acceptors (Lipinski definition) is 2. The van der Waals surface area contributed by atoms with Crippen LogP contribution in [0.15, 0.2) is 30.3 Å². The minimum Gasteiger partial charge on any atom is -0.271 e. The summed E-state index contributed by atoms with van der Waals surface area (Å²) in [4.78, 5) is 0. The summed E-state index contributed by atoms with van der Waals surface area (Å²) < 4.78 is 39.6. The molecular weight excluding hydrogens is 277 g/mol. The third-order valence-corrected chi connectivity index (χ3v) is 3.33. The largest absolute Gasteiger partial charge is 0.271 e. The third-order valence-electron chi connectivity index (χ3n) is 3.33. The van der Waals surface area contributed by atoms with Gasteiger partial charge in [0.15, 0.2) is 17.5 Å². The van der Waals surface area contributed by atoms with Gasteiger partial charge in [0, 0.05) is 0 Å². The van der Waals surface area contributed by atoms with Crippen molar-refractivity contribution in [1.82, 2.24) is 5.43 Å². The molecule has 0 aliphatic heterocycles. The van der Waals surface area contributed by atoms with Crippen LogP contribution in [0.3, 0.4) is 0 Å². The Morgan fingerprint density at radius 2 is 1.48 bits per heavy atom. The Bertz CT molecular complexity index is 613. The number of nitrogens with two attached hydrogens (primary N) is 1. The van der Waals surface area contributed by atoms with E-state index in [1.54, 1.807) is 0 Å². The van der Waals surface area contributed by atoms with Gasteiger partial charge in [-0.15, -0.1) is 0 Å². The zero-order valence-electron chi connectivity index (χ0n) is 11.9. The molecule has 5 heteroatoms. The molecule has 2 aromatic carbocycles. The first-order chi connectivity index (χ1) is 9.90. The van der Waals surface area contributed by atoms with Gasteiger partial charge in [0.05, 0.1) is 6.04 Å². The van der Waals surface area contributed by atoms with Gasteiger partial charge >= 0.3 is 0 Å². The molecule has 0 saturated carbocycles. The fourth-order valence-corrected chi connectivity index (χ4v) is 2.47. The SMILES string of the molecule is Cc1cc(C)cc(CC(NN)c2cc(F)c(F)c(F)c2)c1. The molecule has 1 unspecified atom stereocenters. The standard InChI is InChI=1S/C16H17F3N2/c1-9-3-10(2)5-11(4-9)6-15(21-20)12-7-13(17)16(19)14(18)8-12/h3-5,7-8,15,21H,6,20H2,1-2H3. The van der Waals surface area contributed by atoms with E-state index < -0.39 is 23.5 Å². The molecule has 0 aliphatic carbocycles. The molecule has 3 N–H and O–H groups in total. The highest BCUT2D eigenvalue weighted by molar-refractivity contribution is 5.31.